The van der Waals surface area contributed by atoms with Gasteiger partial charge in [-0.15, -0.1) is 11.8 Å². The van der Waals surface area contributed by atoms with Gasteiger partial charge in [0.15, 0.2) is 0 Å². The lowest BCUT2D eigenvalue weighted by atomic mass is 10.0. The van der Waals surface area contributed by atoms with Crippen molar-refractivity contribution in [3.05, 3.63) is 101 Å². The van der Waals surface area contributed by atoms with Crippen molar-refractivity contribution in [2.75, 3.05) is 5.75 Å². The highest BCUT2D eigenvalue weighted by molar-refractivity contribution is 7.99. The average molecular weight is 503 g/mol. The molecule has 0 spiro atoms. The molecule has 0 heterocycles. The summed E-state index contributed by atoms with van der Waals surface area (Å²) in [6, 6.07) is 25.9. The summed E-state index contributed by atoms with van der Waals surface area (Å²) < 4.78 is 0. The first-order valence-electron chi connectivity index (χ1n) is 12.7. The molecule has 3 rings (SSSR count). The second kappa shape index (κ2) is 13.9. The van der Waals surface area contributed by atoms with Crippen LogP contribution in [0.3, 0.4) is 0 Å². The minimum atomic E-state index is -0.585. The zero-order valence-electron chi connectivity index (χ0n) is 21.9. The Hall–Kier alpha value is -3.05. The molecule has 5 heteroatoms. The molecule has 2 amide bonds. The molecule has 36 heavy (non-hydrogen) atoms. The summed E-state index contributed by atoms with van der Waals surface area (Å²) in [4.78, 5) is 30.2. The number of hydrogen-bond acceptors (Lipinski definition) is 3. The summed E-state index contributed by atoms with van der Waals surface area (Å²) in [7, 11) is 0. The van der Waals surface area contributed by atoms with Crippen molar-refractivity contribution < 1.29 is 9.59 Å². The third kappa shape index (κ3) is 8.27. The lowest BCUT2D eigenvalue weighted by Gasteiger charge is -2.32. The fourth-order valence-electron chi connectivity index (χ4n) is 4.00. The number of hydrogen-bond donors (Lipinski definition) is 1. The maximum Gasteiger partial charge on any atom is 0.243 e. The summed E-state index contributed by atoms with van der Waals surface area (Å²) in [5, 5.41) is 3.13. The molecule has 2 unspecified atom stereocenters. The lowest BCUT2D eigenvalue weighted by molar-refractivity contribution is -0.141. The Morgan fingerprint density at radius 1 is 0.917 bits per heavy atom. The number of nitrogens with one attached hydrogen (secondary N) is 1. The maximum atomic E-state index is 13.7. The standard InChI is InChI=1S/C31H38N2O2S/c1-5-25(4)32-31(35)29(21-26-12-7-6-8-13-26)33(22-27-14-10-9-11-24(27)3)30(34)19-20-36-28-17-15-23(2)16-18-28/h6-18,25,29H,5,19-22H2,1-4H3,(H,32,35). The molecule has 0 aliphatic heterocycles. The van der Waals surface area contributed by atoms with Crippen LogP contribution in [0, 0.1) is 13.8 Å². The topological polar surface area (TPSA) is 49.4 Å². The molecule has 2 atom stereocenters. The van der Waals surface area contributed by atoms with Crippen molar-refractivity contribution in [1.29, 1.82) is 0 Å². The number of carbonyl (C=O) groups is 2. The Morgan fingerprint density at radius 3 is 2.25 bits per heavy atom. The smallest absolute Gasteiger partial charge is 0.243 e. The third-order valence-electron chi connectivity index (χ3n) is 6.48. The van der Waals surface area contributed by atoms with E-state index in [1.807, 2.05) is 55.5 Å². The fourth-order valence-corrected chi connectivity index (χ4v) is 4.84. The molecule has 4 nitrogen and oxygen atoms in total. The van der Waals surface area contributed by atoms with Crippen LogP contribution in [-0.4, -0.2) is 34.6 Å². The van der Waals surface area contributed by atoms with Crippen LogP contribution >= 0.6 is 11.8 Å². The lowest BCUT2D eigenvalue weighted by Crippen LogP contribution is -2.52. The molecule has 0 fully saturated rings. The van der Waals surface area contributed by atoms with Crippen LogP contribution in [0.15, 0.2) is 83.8 Å². The SMILES string of the molecule is CCC(C)NC(=O)C(Cc1ccccc1)N(Cc1ccccc1C)C(=O)CCSc1ccc(C)cc1. The van der Waals surface area contributed by atoms with E-state index < -0.39 is 6.04 Å². The molecule has 3 aromatic carbocycles. The predicted molar refractivity (Wildman–Crippen MR) is 150 cm³/mol. The highest BCUT2D eigenvalue weighted by Crippen LogP contribution is 2.22. The monoisotopic (exact) mass is 502 g/mol. The van der Waals surface area contributed by atoms with E-state index in [2.05, 4.69) is 56.4 Å². The largest absolute Gasteiger partial charge is 0.352 e. The van der Waals surface area contributed by atoms with Crippen molar-refractivity contribution in [3.63, 3.8) is 0 Å². The highest BCUT2D eigenvalue weighted by Gasteiger charge is 2.31. The Balaban J connectivity index is 1.86. The third-order valence-corrected chi connectivity index (χ3v) is 7.49. The molecular formula is C31H38N2O2S. The van der Waals surface area contributed by atoms with E-state index in [0.29, 0.717) is 25.1 Å². The van der Waals surface area contributed by atoms with Gasteiger partial charge in [-0.2, -0.15) is 0 Å². The van der Waals surface area contributed by atoms with Crippen LogP contribution in [0.4, 0.5) is 0 Å². The zero-order valence-corrected chi connectivity index (χ0v) is 22.7. The number of thioether (sulfide) groups is 1. The second-order valence-corrected chi connectivity index (χ2v) is 10.6. The van der Waals surface area contributed by atoms with E-state index in [-0.39, 0.29) is 17.9 Å². The van der Waals surface area contributed by atoms with E-state index in [1.54, 1.807) is 16.7 Å². The zero-order chi connectivity index (χ0) is 25.9. The van der Waals surface area contributed by atoms with E-state index in [1.165, 1.54) is 5.56 Å². The fraction of sp³-hybridized carbons (Fsp3) is 0.355. The van der Waals surface area contributed by atoms with Gasteiger partial charge in [-0.1, -0.05) is 79.2 Å². The van der Waals surface area contributed by atoms with Crippen LogP contribution in [0.2, 0.25) is 0 Å². The molecule has 0 bridgehead atoms. The molecule has 0 aliphatic rings. The van der Waals surface area contributed by atoms with E-state index in [9.17, 15) is 9.59 Å². The molecule has 1 N–H and O–H groups in total. The Labute approximate surface area is 220 Å². The predicted octanol–water partition coefficient (Wildman–Crippen LogP) is 6.34. The number of amides is 2. The van der Waals surface area contributed by atoms with Gasteiger partial charge in [0.25, 0.3) is 0 Å². The van der Waals surface area contributed by atoms with Gasteiger partial charge in [-0.3, -0.25) is 9.59 Å². The number of rotatable bonds is 12. The Bertz CT molecular complexity index is 1110. The van der Waals surface area contributed by atoms with Crippen molar-refractivity contribution in [1.82, 2.24) is 10.2 Å². The molecule has 0 saturated carbocycles. The van der Waals surface area contributed by atoms with Gasteiger partial charge in [0, 0.05) is 36.1 Å². The highest BCUT2D eigenvalue weighted by atomic mass is 32.2. The van der Waals surface area contributed by atoms with Crippen LogP contribution in [0.5, 0.6) is 0 Å². The van der Waals surface area contributed by atoms with Gasteiger partial charge in [-0.05, 0) is 56.0 Å². The molecule has 0 aliphatic carbocycles. The van der Waals surface area contributed by atoms with E-state index in [4.69, 9.17) is 0 Å². The Kier molecular flexibility index (Phi) is 10.6. The molecule has 0 aromatic heterocycles. The van der Waals surface area contributed by atoms with Crippen molar-refractivity contribution in [2.24, 2.45) is 0 Å². The van der Waals surface area contributed by atoms with E-state index in [0.717, 1.165) is 28.0 Å². The van der Waals surface area contributed by atoms with E-state index >= 15 is 0 Å². The van der Waals surface area contributed by atoms with Crippen LogP contribution in [0.1, 0.15) is 48.9 Å². The number of nitrogens with zero attached hydrogens (tertiary/aromatic N) is 1. The summed E-state index contributed by atoms with van der Waals surface area (Å²) in [6.45, 7) is 8.58. The quantitative estimate of drug-likeness (QED) is 0.294. The summed E-state index contributed by atoms with van der Waals surface area (Å²) in [5.41, 5.74) is 4.44. The van der Waals surface area contributed by atoms with Gasteiger partial charge in [-0.25, -0.2) is 0 Å². The molecule has 3 aromatic rings. The maximum absolute atomic E-state index is 13.7. The number of carbonyl (C=O) groups excluding carboxylic acids is 2. The number of benzene rings is 3. The van der Waals surface area contributed by atoms with Gasteiger partial charge in [0.1, 0.15) is 6.04 Å². The van der Waals surface area contributed by atoms with Crippen LogP contribution < -0.4 is 5.32 Å². The van der Waals surface area contributed by atoms with Crippen molar-refractivity contribution in [3.8, 4) is 0 Å². The van der Waals surface area contributed by atoms with Crippen molar-refractivity contribution >= 4 is 23.6 Å². The molecule has 0 radical (unpaired) electrons. The summed E-state index contributed by atoms with van der Waals surface area (Å²) in [6.07, 6.45) is 1.68. The average Bonchev–Trinajstić information content (AvgIpc) is 2.88. The van der Waals surface area contributed by atoms with Gasteiger partial charge < -0.3 is 10.2 Å². The first kappa shape index (κ1) is 27.5. The minimum absolute atomic E-state index is 0.00176. The van der Waals surface area contributed by atoms with Crippen molar-refractivity contribution in [2.45, 2.75) is 70.5 Å². The minimum Gasteiger partial charge on any atom is -0.352 e. The summed E-state index contributed by atoms with van der Waals surface area (Å²) in [5.74, 6) is 0.566. The van der Waals surface area contributed by atoms with Gasteiger partial charge in [0.05, 0.1) is 0 Å². The van der Waals surface area contributed by atoms with Gasteiger partial charge >= 0.3 is 0 Å². The molecule has 190 valence electrons. The molecular weight excluding hydrogens is 464 g/mol. The summed E-state index contributed by atoms with van der Waals surface area (Å²) >= 11 is 1.67. The normalized spacial score (nSPS) is 12.6. The van der Waals surface area contributed by atoms with Crippen LogP contribution in [-0.2, 0) is 22.6 Å². The first-order chi connectivity index (χ1) is 17.4. The second-order valence-electron chi connectivity index (χ2n) is 9.38. The first-order valence-corrected chi connectivity index (χ1v) is 13.7. The van der Waals surface area contributed by atoms with Gasteiger partial charge in [0.2, 0.25) is 11.8 Å². The number of aryl methyl sites for hydroxylation is 2. The van der Waals surface area contributed by atoms with Crippen LogP contribution in [0.25, 0.3) is 0 Å². The Morgan fingerprint density at radius 2 is 1.58 bits per heavy atom. The molecule has 0 saturated heterocycles.